The Labute approximate surface area is 153 Å². The van der Waals surface area contributed by atoms with Crippen LogP contribution in [0.4, 0.5) is 0 Å². The summed E-state index contributed by atoms with van der Waals surface area (Å²) in [4.78, 5) is 12.7. The van der Waals surface area contributed by atoms with Gasteiger partial charge in [0.25, 0.3) is 0 Å². The molecule has 0 aliphatic rings. The maximum atomic E-state index is 12.6. The Kier molecular flexibility index (Phi) is 6.44. The van der Waals surface area contributed by atoms with E-state index in [1.807, 2.05) is 0 Å². The van der Waals surface area contributed by atoms with Crippen molar-refractivity contribution in [3.05, 3.63) is 48.4 Å². The highest BCUT2D eigenvalue weighted by molar-refractivity contribution is 7.89. The summed E-state index contributed by atoms with van der Waals surface area (Å²) in [5.74, 6) is 0.487. The summed E-state index contributed by atoms with van der Waals surface area (Å²) in [6, 6.07) is 8.16. The van der Waals surface area contributed by atoms with Crippen molar-refractivity contribution in [3.8, 4) is 5.75 Å². The molecule has 142 valence electrons. The lowest BCUT2D eigenvalue weighted by Crippen LogP contribution is -2.50. The van der Waals surface area contributed by atoms with Gasteiger partial charge in [0.05, 0.1) is 24.3 Å². The molecule has 8 heteroatoms. The number of methoxy groups -OCH3 is 1. The van der Waals surface area contributed by atoms with Crippen molar-refractivity contribution >= 4 is 15.9 Å². The maximum absolute atomic E-state index is 12.6. The Morgan fingerprint density at radius 3 is 2.27 bits per heavy atom. The summed E-state index contributed by atoms with van der Waals surface area (Å²) in [5.41, 5.74) is 0. The Morgan fingerprint density at radius 1 is 1.12 bits per heavy atom. The minimum absolute atomic E-state index is 0.0656. The van der Waals surface area contributed by atoms with Crippen LogP contribution in [0, 0.1) is 5.92 Å². The van der Waals surface area contributed by atoms with E-state index in [1.54, 1.807) is 45.0 Å². The van der Waals surface area contributed by atoms with Crippen LogP contribution in [-0.4, -0.2) is 27.5 Å². The van der Waals surface area contributed by atoms with Crippen LogP contribution in [0.25, 0.3) is 0 Å². The standard InChI is InChI=1S/C18H24N2O5S/c1-12(2)17(18(21)19-13(3)16-6-5-11-25-16)20-26(22,23)15-9-7-14(24-4)8-10-15/h5-13,17,20H,1-4H3,(H,19,21). The third-order valence-corrected chi connectivity index (χ3v) is 5.39. The van der Waals surface area contributed by atoms with Crippen molar-refractivity contribution in [2.45, 2.75) is 37.8 Å². The van der Waals surface area contributed by atoms with Crippen LogP contribution in [0.2, 0.25) is 0 Å². The summed E-state index contributed by atoms with van der Waals surface area (Å²) in [6.45, 7) is 5.32. The van der Waals surface area contributed by atoms with Crippen LogP contribution >= 0.6 is 0 Å². The molecule has 2 aromatic rings. The molecule has 0 spiro atoms. The van der Waals surface area contributed by atoms with E-state index in [-0.39, 0.29) is 16.9 Å². The van der Waals surface area contributed by atoms with Crippen molar-refractivity contribution in [1.29, 1.82) is 0 Å². The number of carbonyl (C=O) groups excluding carboxylic acids is 1. The Bertz CT molecular complexity index is 814. The molecule has 0 fully saturated rings. The lowest BCUT2D eigenvalue weighted by atomic mass is 10.0. The van der Waals surface area contributed by atoms with Gasteiger partial charge in [-0.15, -0.1) is 0 Å². The molecule has 0 radical (unpaired) electrons. The van der Waals surface area contributed by atoms with E-state index < -0.39 is 22.0 Å². The summed E-state index contributed by atoms with van der Waals surface area (Å²) < 4.78 is 38.0. The molecule has 26 heavy (non-hydrogen) atoms. The van der Waals surface area contributed by atoms with Crippen molar-refractivity contribution in [2.75, 3.05) is 7.11 Å². The van der Waals surface area contributed by atoms with Gasteiger partial charge in [-0.3, -0.25) is 4.79 Å². The SMILES string of the molecule is COc1ccc(S(=O)(=O)NC(C(=O)NC(C)c2ccco2)C(C)C)cc1. The highest BCUT2D eigenvalue weighted by atomic mass is 32.2. The van der Waals surface area contributed by atoms with Crippen LogP contribution < -0.4 is 14.8 Å². The zero-order valence-corrected chi connectivity index (χ0v) is 16.0. The number of nitrogens with one attached hydrogen (secondary N) is 2. The van der Waals surface area contributed by atoms with E-state index in [4.69, 9.17) is 9.15 Å². The number of carbonyl (C=O) groups is 1. The second-order valence-electron chi connectivity index (χ2n) is 6.26. The average Bonchev–Trinajstić information content (AvgIpc) is 3.14. The number of hydrogen-bond acceptors (Lipinski definition) is 5. The van der Waals surface area contributed by atoms with Gasteiger partial charge in [-0.25, -0.2) is 8.42 Å². The number of rotatable bonds is 8. The summed E-state index contributed by atoms with van der Waals surface area (Å²) in [5, 5.41) is 2.78. The van der Waals surface area contributed by atoms with E-state index in [0.29, 0.717) is 11.5 Å². The molecule has 0 saturated heterocycles. The second-order valence-corrected chi connectivity index (χ2v) is 7.98. The van der Waals surface area contributed by atoms with Gasteiger partial charge in [-0.05, 0) is 49.2 Å². The van der Waals surface area contributed by atoms with Crippen molar-refractivity contribution in [1.82, 2.24) is 10.0 Å². The summed E-state index contributed by atoms with van der Waals surface area (Å²) in [7, 11) is -2.35. The van der Waals surface area contributed by atoms with Gasteiger partial charge >= 0.3 is 0 Å². The number of furan rings is 1. The fourth-order valence-electron chi connectivity index (χ4n) is 2.39. The third-order valence-electron chi connectivity index (χ3n) is 3.93. The first-order chi connectivity index (χ1) is 12.2. The highest BCUT2D eigenvalue weighted by Crippen LogP contribution is 2.18. The molecule has 1 heterocycles. The van der Waals surface area contributed by atoms with Gasteiger partial charge in [0, 0.05) is 0 Å². The van der Waals surface area contributed by atoms with Gasteiger partial charge < -0.3 is 14.5 Å². The Morgan fingerprint density at radius 2 is 1.77 bits per heavy atom. The molecule has 0 aliphatic carbocycles. The van der Waals surface area contributed by atoms with Gasteiger partial charge in [-0.2, -0.15) is 4.72 Å². The molecule has 0 bridgehead atoms. The number of sulfonamides is 1. The molecular weight excluding hydrogens is 356 g/mol. The molecule has 1 aromatic heterocycles. The fourth-order valence-corrected chi connectivity index (χ4v) is 3.74. The first-order valence-electron chi connectivity index (χ1n) is 8.24. The fraction of sp³-hybridized carbons (Fsp3) is 0.389. The third kappa shape index (κ3) is 4.86. The first kappa shape index (κ1) is 20.0. The monoisotopic (exact) mass is 380 g/mol. The number of benzene rings is 1. The number of ether oxygens (including phenoxy) is 1. The molecular formula is C18H24N2O5S. The quantitative estimate of drug-likeness (QED) is 0.733. The molecule has 7 nitrogen and oxygen atoms in total. The van der Waals surface area contributed by atoms with E-state index in [9.17, 15) is 13.2 Å². The van der Waals surface area contributed by atoms with Crippen molar-refractivity contribution in [3.63, 3.8) is 0 Å². The molecule has 2 unspecified atom stereocenters. The molecule has 1 aromatic carbocycles. The van der Waals surface area contributed by atoms with Crippen molar-refractivity contribution < 1.29 is 22.4 Å². The molecule has 2 N–H and O–H groups in total. The second kappa shape index (κ2) is 8.37. The molecule has 0 saturated carbocycles. The van der Waals surface area contributed by atoms with Gasteiger partial charge in [0.2, 0.25) is 15.9 Å². The minimum Gasteiger partial charge on any atom is -0.497 e. The van der Waals surface area contributed by atoms with Gasteiger partial charge in [0.15, 0.2) is 0 Å². The average molecular weight is 380 g/mol. The van der Waals surface area contributed by atoms with Crippen LogP contribution in [0.1, 0.15) is 32.6 Å². The lowest BCUT2D eigenvalue weighted by Gasteiger charge is -2.23. The Hall–Kier alpha value is -2.32. The van der Waals surface area contributed by atoms with E-state index in [1.165, 1.54) is 25.5 Å². The number of hydrogen-bond donors (Lipinski definition) is 2. The van der Waals surface area contributed by atoms with E-state index in [2.05, 4.69) is 10.0 Å². The van der Waals surface area contributed by atoms with Crippen LogP contribution in [0.15, 0.2) is 52.0 Å². The van der Waals surface area contributed by atoms with E-state index >= 15 is 0 Å². The zero-order valence-electron chi connectivity index (χ0n) is 15.2. The van der Waals surface area contributed by atoms with Crippen LogP contribution in [0.5, 0.6) is 5.75 Å². The van der Waals surface area contributed by atoms with E-state index in [0.717, 1.165) is 0 Å². The molecule has 2 atom stereocenters. The van der Waals surface area contributed by atoms with Crippen molar-refractivity contribution in [2.24, 2.45) is 5.92 Å². The zero-order chi connectivity index (χ0) is 19.3. The molecule has 1 amide bonds. The molecule has 0 aliphatic heterocycles. The van der Waals surface area contributed by atoms with Gasteiger partial charge in [0.1, 0.15) is 17.6 Å². The van der Waals surface area contributed by atoms with Gasteiger partial charge in [-0.1, -0.05) is 13.8 Å². The van der Waals surface area contributed by atoms with Crippen LogP contribution in [-0.2, 0) is 14.8 Å². The topological polar surface area (TPSA) is 97.6 Å². The predicted molar refractivity (Wildman–Crippen MR) is 97.2 cm³/mol. The lowest BCUT2D eigenvalue weighted by molar-refractivity contribution is -0.124. The van der Waals surface area contributed by atoms with Crippen LogP contribution in [0.3, 0.4) is 0 Å². The predicted octanol–water partition coefficient (Wildman–Crippen LogP) is 2.47. The smallest absolute Gasteiger partial charge is 0.241 e. The normalized spacial score (nSPS) is 14.0. The Balaban J connectivity index is 2.14. The summed E-state index contributed by atoms with van der Waals surface area (Å²) in [6.07, 6.45) is 1.52. The minimum atomic E-state index is -3.85. The maximum Gasteiger partial charge on any atom is 0.241 e. The first-order valence-corrected chi connectivity index (χ1v) is 9.73. The summed E-state index contributed by atoms with van der Waals surface area (Å²) >= 11 is 0. The highest BCUT2D eigenvalue weighted by Gasteiger charge is 2.29. The number of amides is 1. The largest absolute Gasteiger partial charge is 0.497 e. The molecule has 2 rings (SSSR count).